The minimum atomic E-state index is -0.543. The van der Waals surface area contributed by atoms with Crippen LogP contribution in [0.1, 0.15) is 28.4 Å². The highest BCUT2D eigenvalue weighted by atomic mass is 79.9. The zero-order valence-corrected chi connectivity index (χ0v) is 15.5. The first-order chi connectivity index (χ1) is 9.92. The quantitative estimate of drug-likeness (QED) is 0.754. The number of aliphatic hydroxyl groups is 1. The van der Waals surface area contributed by atoms with Gasteiger partial charge < -0.3 is 9.84 Å². The Balaban J connectivity index is 2.27. The lowest BCUT2D eigenvalue weighted by atomic mass is 9.98. The minimum absolute atomic E-state index is 0.540. The third kappa shape index (κ3) is 3.87. The molecule has 21 heavy (non-hydrogen) atoms. The van der Waals surface area contributed by atoms with Crippen molar-refractivity contribution < 1.29 is 9.84 Å². The van der Waals surface area contributed by atoms with Gasteiger partial charge in [-0.05, 0) is 54.3 Å². The zero-order chi connectivity index (χ0) is 15.6. The Kier molecular flexibility index (Phi) is 5.47. The lowest BCUT2D eigenvalue weighted by molar-refractivity contribution is 0.178. The smallest absolute Gasteiger partial charge is 0.119 e. The van der Waals surface area contributed by atoms with Crippen molar-refractivity contribution in [3.8, 4) is 5.75 Å². The summed E-state index contributed by atoms with van der Waals surface area (Å²) in [5, 5.41) is 10.5. The summed E-state index contributed by atoms with van der Waals surface area (Å²) in [5.74, 6) is 0.795. The van der Waals surface area contributed by atoms with Gasteiger partial charge in [0.05, 0.1) is 13.2 Å². The van der Waals surface area contributed by atoms with E-state index in [4.69, 9.17) is 4.74 Å². The molecule has 1 atom stereocenters. The number of aliphatic hydroxyl groups excluding tert-OH is 1. The summed E-state index contributed by atoms with van der Waals surface area (Å²) in [6.45, 7) is 4.07. The van der Waals surface area contributed by atoms with Crippen LogP contribution < -0.4 is 4.74 Å². The maximum absolute atomic E-state index is 10.5. The molecule has 0 heterocycles. The van der Waals surface area contributed by atoms with E-state index in [1.54, 1.807) is 7.11 Å². The molecule has 1 N–H and O–H groups in total. The largest absolute Gasteiger partial charge is 0.497 e. The number of rotatable bonds is 4. The van der Waals surface area contributed by atoms with Crippen LogP contribution in [0.15, 0.2) is 39.3 Å². The summed E-state index contributed by atoms with van der Waals surface area (Å²) in [7, 11) is 1.64. The number of hydrogen-bond donors (Lipinski definition) is 1. The van der Waals surface area contributed by atoms with Crippen LogP contribution in [0, 0.1) is 13.8 Å². The lowest BCUT2D eigenvalue weighted by Gasteiger charge is -2.15. The van der Waals surface area contributed by atoms with Crippen molar-refractivity contribution in [2.24, 2.45) is 0 Å². The number of halogens is 2. The Bertz CT molecular complexity index is 630. The zero-order valence-electron chi connectivity index (χ0n) is 12.3. The van der Waals surface area contributed by atoms with Crippen LogP contribution in [0.3, 0.4) is 0 Å². The Labute approximate surface area is 142 Å². The van der Waals surface area contributed by atoms with Gasteiger partial charge in [0.15, 0.2) is 0 Å². The molecule has 4 heteroatoms. The third-order valence-electron chi connectivity index (χ3n) is 3.51. The van der Waals surface area contributed by atoms with Crippen molar-refractivity contribution in [1.82, 2.24) is 0 Å². The van der Waals surface area contributed by atoms with E-state index in [1.165, 1.54) is 0 Å². The fourth-order valence-corrected chi connectivity index (χ4v) is 2.97. The third-order valence-corrected chi connectivity index (χ3v) is 5.53. The molecule has 0 saturated heterocycles. The maximum atomic E-state index is 10.5. The van der Waals surface area contributed by atoms with Crippen LogP contribution in [0.5, 0.6) is 5.75 Å². The Morgan fingerprint density at radius 3 is 2.29 bits per heavy atom. The highest BCUT2D eigenvalue weighted by Crippen LogP contribution is 2.30. The number of benzene rings is 2. The van der Waals surface area contributed by atoms with Gasteiger partial charge in [0.1, 0.15) is 5.75 Å². The highest BCUT2D eigenvalue weighted by molar-refractivity contribution is 9.10. The Hall–Kier alpha value is -0.840. The standard InChI is InChI=1S/C17H18Br2O2/c1-10-6-13(7-11(2)17(10)19)16(20)9-12-8-14(21-3)4-5-15(12)18/h4-8,16,20H,9H2,1-3H3. The van der Waals surface area contributed by atoms with Crippen LogP contribution in [0.25, 0.3) is 0 Å². The molecule has 2 aromatic carbocycles. The summed E-state index contributed by atoms with van der Waals surface area (Å²) >= 11 is 7.08. The van der Waals surface area contributed by atoms with Gasteiger partial charge in [0.2, 0.25) is 0 Å². The highest BCUT2D eigenvalue weighted by Gasteiger charge is 2.14. The number of ether oxygens (including phenoxy) is 1. The minimum Gasteiger partial charge on any atom is -0.497 e. The van der Waals surface area contributed by atoms with Crippen LogP contribution in [0.4, 0.5) is 0 Å². The summed E-state index contributed by atoms with van der Waals surface area (Å²) in [5.41, 5.74) is 4.23. The summed E-state index contributed by atoms with van der Waals surface area (Å²) < 4.78 is 7.32. The average molecular weight is 414 g/mol. The Morgan fingerprint density at radius 1 is 1.10 bits per heavy atom. The fourth-order valence-electron chi connectivity index (χ4n) is 2.33. The van der Waals surface area contributed by atoms with E-state index in [-0.39, 0.29) is 0 Å². The monoisotopic (exact) mass is 412 g/mol. The fraction of sp³-hybridized carbons (Fsp3) is 0.294. The number of hydrogen-bond acceptors (Lipinski definition) is 2. The molecule has 0 aliphatic carbocycles. The molecule has 2 nitrogen and oxygen atoms in total. The van der Waals surface area contributed by atoms with Gasteiger partial charge in [0, 0.05) is 15.4 Å². The SMILES string of the molecule is COc1ccc(Br)c(CC(O)c2cc(C)c(Br)c(C)c2)c1. The van der Waals surface area contributed by atoms with Gasteiger partial charge in [0.25, 0.3) is 0 Å². The predicted molar refractivity (Wildman–Crippen MR) is 93.0 cm³/mol. The van der Waals surface area contributed by atoms with Gasteiger partial charge in [-0.1, -0.05) is 44.0 Å². The molecule has 112 valence electrons. The van der Waals surface area contributed by atoms with E-state index < -0.39 is 6.10 Å². The van der Waals surface area contributed by atoms with E-state index in [1.807, 2.05) is 44.2 Å². The van der Waals surface area contributed by atoms with Gasteiger partial charge in [-0.25, -0.2) is 0 Å². The van der Waals surface area contributed by atoms with Gasteiger partial charge in [-0.2, -0.15) is 0 Å². The Morgan fingerprint density at radius 2 is 1.71 bits per heavy atom. The van der Waals surface area contributed by atoms with Crippen LogP contribution in [-0.4, -0.2) is 12.2 Å². The van der Waals surface area contributed by atoms with Crippen molar-refractivity contribution in [3.05, 3.63) is 61.5 Å². The molecule has 0 bridgehead atoms. The molecule has 0 radical (unpaired) electrons. The molecule has 2 aromatic rings. The topological polar surface area (TPSA) is 29.5 Å². The summed E-state index contributed by atoms with van der Waals surface area (Å²) in [6, 6.07) is 9.84. The van der Waals surface area contributed by atoms with Gasteiger partial charge in [-0.15, -0.1) is 0 Å². The average Bonchev–Trinajstić information content (AvgIpc) is 2.46. The van der Waals surface area contributed by atoms with Crippen molar-refractivity contribution in [2.45, 2.75) is 26.4 Å². The van der Waals surface area contributed by atoms with E-state index in [0.717, 1.165) is 36.9 Å². The molecule has 0 saturated carbocycles. The molecule has 0 spiro atoms. The second-order valence-electron chi connectivity index (χ2n) is 5.15. The normalized spacial score (nSPS) is 12.3. The molecule has 0 amide bonds. The second-order valence-corrected chi connectivity index (χ2v) is 6.79. The van der Waals surface area contributed by atoms with E-state index >= 15 is 0 Å². The van der Waals surface area contributed by atoms with E-state index in [2.05, 4.69) is 31.9 Å². The van der Waals surface area contributed by atoms with E-state index in [0.29, 0.717) is 6.42 Å². The number of methoxy groups -OCH3 is 1. The lowest BCUT2D eigenvalue weighted by Crippen LogP contribution is -2.04. The molecular formula is C17H18Br2O2. The van der Waals surface area contributed by atoms with Crippen molar-refractivity contribution in [2.75, 3.05) is 7.11 Å². The molecule has 0 fully saturated rings. The van der Waals surface area contributed by atoms with Gasteiger partial charge >= 0.3 is 0 Å². The molecule has 0 aliphatic rings. The second kappa shape index (κ2) is 6.95. The molecular weight excluding hydrogens is 396 g/mol. The van der Waals surface area contributed by atoms with Crippen molar-refractivity contribution >= 4 is 31.9 Å². The van der Waals surface area contributed by atoms with Crippen molar-refractivity contribution in [3.63, 3.8) is 0 Å². The summed E-state index contributed by atoms with van der Waals surface area (Å²) in [6.07, 6.45) is -0.00270. The number of aryl methyl sites for hydroxylation is 2. The maximum Gasteiger partial charge on any atom is 0.119 e. The predicted octanol–water partition coefficient (Wildman–Crippen LogP) is 5.11. The van der Waals surface area contributed by atoms with Gasteiger partial charge in [-0.3, -0.25) is 0 Å². The molecule has 0 aromatic heterocycles. The first-order valence-electron chi connectivity index (χ1n) is 6.69. The molecule has 2 rings (SSSR count). The summed E-state index contributed by atoms with van der Waals surface area (Å²) in [4.78, 5) is 0. The first kappa shape index (κ1) is 16.5. The first-order valence-corrected chi connectivity index (χ1v) is 8.28. The molecule has 0 aliphatic heterocycles. The van der Waals surface area contributed by atoms with Crippen LogP contribution in [0.2, 0.25) is 0 Å². The van der Waals surface area contributed by atoms with Crippen LogP contribution >= 0.6 is 31.9 Å². The van der Waals surface area contributed by atoms with Crippen molar-refractivity contribution in [1.29, 1.82) is 0 Å². The molecule has 1 unspecified atom stereocenters. The van der Waals surface area contributed by atoms with Crippen LogP contribution in [-0.2, 0) is 6.42 Å². The van der Waals surface area contributed by atoms with E-state index in [9.17, 15) is 5.11 Å².